The molecule has 4 amide bonds. The average molecular weight is 722 g/mol. The number of nitrogens with one attached hydrogen (secondary N) is 5. The number of aliphatic hydroxyl groups is 1. The van der Waals surface area contributed by atoms with Gasteiger partial charge in [-0.25, -0.2) is 0 Å². The van der Waals surface area contributed by atoms with Gasteiger partial charge in [-0.1, -0.05) is 121 Å². The zero-order valence-corrected chi connectivity index (χ0v) is 30.3. The molecule has 1 fully saturated rings. The zero-order chi connectivity index (χ0) is 36.9. The molecule has 5 rings (SSSR count). The number of carbonyl (C=O) groups excluding carboxylic acids is 4. The molecule has 0 spiro atoms. The van der Waals surface area contributed by atoms with Crippen LogP contribution in [0.15, 0.2) is 121 Å². The Morgan fingerprint density at radius 1 is 0.692 bits per heavy atom. The van der Waals surface area contributed by atoms with Crippen LogP contribution in [0.2, 0.25) is 0 Å². The van der Waals surface area contributed by atoms with Gasteiger partial charge in [0.15, 0.2) is 0 Å². The molecule has 6 N–H and O–H groups in total. The molecule has 1 aliphatic heterocycles. The Balaban J connectivity index is 1.29. The van der Waals surface area contributed by atoms with Gasteiger partial charge in [0, 0.05) is 17.8 Å². The number of hydrogen-bond donors (Lipinski definition) is 6. The van der Waals surface area contributed by atoms with Gasteiger partial charge in [-0.15, -0.1) is 11.8 Å². The van der Waals surface area contributed by atoms with Crippen molar-refractivity contribution in [2.24, 2.45) is 0 Å². The molecule has 4 aromatic carbocycles. The average Bonchev–Trinajstić information content (AvgIpc) is 3.47. The Hall–Kier alpha value is -4.97. The fraction of sp³-hybridized carbons (Fsp3) is 0.317. The fourth-order valence-corrected chi connectivity index (χ4v) is 7.65. The highest BCUT2D eigenvalue weighted by molar-refractivity contribution is 8.01. The van der Waals surface area contributed by atoms with Crippen LogP contribution < -0.4 is 26.6 Å². The topological polar surface area (TPSA) is 149 Å². The third-order valence-corrected chi connectivity index (χ3v) is 10.5. The van der Waals surface area contributed by atoms with Crippen molar-refractivity contribution in [3.05, 3.63) is 144 Å². The van der Waals surface area contributed by atoms with Crippen molar-refractivity contribution in [1.29, 1.82) is 0 Å². The lowest BCUT2D eigenvalue weighted by atomic mass is 9.96. The molecule has 272 valence electrons. The van der Waals surface area contributed by atoms with Gasteiger partial charge in [-0.05, 0) is 42.5 Å². The Labute approximate surface area is 309 Å². The van der Waals surface area contributed by atoms with E-state index >= 15 is 0 Å². The number of benzene rings is 4. The number of carbonyl (C=O) groups is 4. The van der Waals surface area contributed by atoms with Crippen LogP contribution in [0.5, 0.6) is 0 Å². The van der Waals surface area contributed by atoms with Gasteiger partial charge in [-0.2, -0.15) is 0 Å². The second kappa shape index (κ2) is 18.5. The zero-order valence-electron chi connectivity index (χ0n) is 29.5. The Morgan fingerprint density at radius 3 is 1.75 bits per heavy atom. The van der Waals surface area contributed by atoms with E-state index in [1.54, 1.807) is 0 Å². The van der Waals surface area contributed by atoms with Crippen molar-refractivity contribution in [3.63, 3.8) is 0 Å². The summed E-state index contributed by atoms with van der Waals surface area (Å²) >= 11 is 1.39. The lowest BCUT2D eigenvalue weighted by molar-refractivity contribution is -0.129. The van der Waals surface area contributed by atoms with Crippen LogP contribution in [0.25, 0.3) is 0 Å². The fourth-order valence-electron chi connectivity index (χ4n) is 6.15. The number of amides is 4. The Bertz CT molecular complexity index is 1760. The molecule has 11 heteroatoms. The summed E-state index contributed by atoms with van der Waals surface area (Å²) in [6, 6.07) is 35.1. The van der Waals surface area contributed by atoms with Crippen molar-refractivity contribution in [1.82, 2.24) is 26.6 Å². The first-order valence-electron chi connectivity index (χ1n) is 17.5. The summed E-state index contributed by atoms with van der Waals surface area (Å²) in [7, 11) is 0. The third-order valence-electron chi connectivity index (χ3n) is 8.96. The van der Waals surface area contributed by atoms with E-state index in [1.165, 1.54) is 11.8 Å². The van der Waals surface area contributed by atoms with E-state index in [2.05, 4.69) is 26.6 Å². The minimum atomic E-state index is -1.18. The van der Waals surface area contributed by atoms with E-state index in [0.717, 1.165) is 22.3 Å². The number of hydrogen-bond acceptors (Lipinski definition) is 7. The lowest BCUT2D eigenvalue weighted by Gasteiger charge is -2.29. The van der Waals surface area contributed by atoms with E-state index in [4.69, 9.17) is 0 Å². The van der Waals surface area contributed by atoms with Gasteiger partial charge in [0.1, 0.15) is 12.1 Å². The Kier molecular flexibility index (Phi) is 13.6. The standard InChI is InChI=1S/C41H47N5O5S/c1-41(2)37(39(51)44-32(23-28-15-7-3-8-16-28)33(47)25-34(48)42-26-30-19-11-5-12-20-30)46-40(52-41)36(38(50)43-27-31-21-13-6-14-22-31)45-35(49)24-29-17-9-4-10-18-29/h3-22,32-33,36-37,40,46-47H,23-27H2,1-2H3,(H,42,48)(H,43,50)(H,44,51)(H,45,49)/t32-,33-,36-,37+,40-/m1/s1. The number of thioether (sulfide) groups is 1. The van der Waals surface area contributed by atoms with Gasteiger partial charge < -0.3 is 26.4 Å². The first-order chi connectivity index (χ1) is 25.1. The monoisotopic (exact) mass is 721 g/mol. The minimum absolute atomic E-state index is 0.0893. The summed E-state index contributed by atoms with van der Waals surface area (Å²) in [6.45, 7) is 4.40. The summed E-state index contributed by atoms with van der Waals surface area (Å²) in [6.07, 6.45) is -1.00. The molecule has 10 nitrogen and oxygen atoms in total. The first-order valence-corrected chi connectivity index (χ1v) is 18.4. The SMILES string of the molecule is CC1(C)S[C@H]([C@H](NC(=O)Cc2ccccc2)C(=O)NCc2ccccc2)N[C@H]1C(=O)N[C@H](Cc1ccccc1)[C@H](O)CC(=O)NCc1ccccc1. The van der Waals surface area contributed by atoms with E-state index in [-0.39, 0.29) is 43.0 Å². The highest BCUT2D eigenvalue weighted by atomic mass is 32.2. The van der Waals surface area contributed by atoms with Crippen LogP contribution in [0.3, 0.4) is 0 Å². The molecule has 0 aliphatic carbocycles. The highest BCUT2D eigenvalue weighted by Gasteiger charge is 2.49. The van der Waals surface area contributed by atoms with E-state index in [9.17, 15) is 24.3 Å². The van der Waals surface area contributed by atoms with Crippen molar-refractivity contribution in [3.8, 4) is 0 Å². The molecule has 0 bridgehead atoms. The lowest BCUT2D eigenvalue weighted by Crippen LogP contribution is -2.59. The van der Waals surface area contributed by atoms with Crippen molar-refractivity contribution in [2.45, 2.75) is 80.5 Å². The van der Waals surface area contributed by atoms with Crippen LogP contribution in [-0.2, 0) is 45.1 Å². The molecule has 0 saturated carbocycles. The summed E-state index contributed by atoms with van der Waals surface area (Å²) in [5.41, 5.74) is 3.54. The summed E-state index contributed by atoms with van der Waals surface area (Å²) in [5, 5.41) is 25.8. The minimum Gasteiger partial charge on any atom is -0.390 e. The second-order valence-corrected chi connectivity index (χ2v) is 15.3. The van der Waals surface area contributed by atoms with Crippen LogP contribution in [0.4, 0.5) is 0 Å². The molecule has 0 unspecified atom stereocenters. The highest BCUT2D eigenvalue weighted by Crippen LogP contribution is 2.39. The Morgan fingerprint density at radius 2 is 1.19 bits per heavy atom. The van der Waals surface area contributed by atoms with Crippen molar-refractivity contribution < 1.29 is 24.3 Å². The van der Waals surface area contributed by atoms with Gasteiger partial charge in [0.25, 0.3) is 0 Å². The number of rotatable bonds is 16. The summed E-state index contributed by atoms with van der Waals surface area (Å²) < 4.78 is -0.716. The third kappa shape index (κ3) is 11.3. The predicted octanol–water partition coefficient (Wildman–Crippen LogP) is 3.63. The molecule has 52 heavy (non-hydrogen) atoms. The largest absolute Gasteiger partial charge is 0.390 e. The van der Waals surface area contributed by atoms with E-state index < -0.39 is 34.4 Å². The van der Waals surface area contributed by atoms with Crippen LogP contribution in [-0.4, -0.2) is 63.1 Å². The quantitative estimate of drug-likeness (QED) is 0.104. The van der Waals surface area contributed by atoms with Gasteiger partial charge in [-0.3, -0.25) is 24.5 Å². The maximum absolute atomic E-state index is 14.1. The van der Waals surface area contributed by atoms with Crippen molar-refractivity contribution in [2.75, 3.05) is 0 Å². The summed E-state index contributed by atoms with van der Waals surface area (Å²) in [5.74, 6) is -1.43. The first kappa shape index (κ1) is 38.3. The number of aliphatic hydroxyl groups excluding tert-OH is 1. The van der Waals surface area contributed by atoms with E-state index in [1.807, 2.05) is 135 Å². The molecular formula is C41H47N5O5S. The molecule has 5 atom stereocenters. The predicted molar refractivity (Wildman–Crippen MR) is 204 cm³/mol. The maximum atomic E-state index is 14.1. The normalized spacial score (nSPS) is 18.0. The molecule has 1 heterocycles. The molecular weight excluding hydrogens is 675 g/mol. The molecule has 4 aromatic rings. The van der Waals surface area contributed by atoms with Crippen molar-refractivity contribution >= 4 is 35.4 Å². The molecule has 1 saturated heterocycles. The van der Waals surface area contributed by atoms with Crippen LogP contribution >= 0.6 is 11.8 Å². The summed E-state index contributed by atoms with van der Waals surface area (Å²) in [4.78, 5) is 54.0. The van der Waals surface area contributed by atoms with Crippen LogP contribution in [0.1, 0.15) is 42.5 Å². The van der Waals surface area contributed by atoms with Gasteiger partial charge >= 0.3 is 0 Å². The smallest absolute Gasteiger partial charge is 0.245 e. The van der Waals surface area contributed by atoms with Gasteiger partial charge in [0.05, 0.1) is 30.4 Å². The maximum Gasteiger partial charge on any atom is 0.245 e. The van der Waals surface area contributed by atoms with Crippen LogP contribution in [0, 0.1) is 0 Å². The molecule has 0 aromatic heterocycles. The van der Waals surface area contributed by atoms with Gasteiger partial charge in [0.2, 0.25) is 23.6 Å². The second-order valence-electron chi connectivity index (χ2n) is 13.5. The molecule has 1 aliphatic rings. The molecule has 0 radical (unpaired) electrons. The van der Waals surface area contributed by atoms with E-state index in [0.29, 0.717) is 13.0 Å².